The molecule has 0 bridgehead atoms. The number of carbonyl (C=O) groups excluding carboxylic acids is 1. The van der Waals surface area contributed by atoms with Crippen LogP contribution in [0.2, 0.25) is 0 Å². The second kappa shape index (κ2) is 7.20. The quantitative estimate of drug-likeness (QED) is 0.665. The number of likely N-dealkylation sites (tertiary alicyclic amines) is 1. The molecule has 1 fully saturated rings. The SMILES string of the molecule is CCCN1c2cccnc2-n2cccc2C12CCN(C(=O)c1cccc(OC)c1)C2. The number of amides is 1. The molecule has 1 spiro atoms. The zero-order valence-corrected chi connectivity index (χ0v) is 17.4. The first-order chi connectivity index (χ1) is 14.7. The van der Waals surface area contributed by atoms with E-state index in [1.54, 1.807) is 7.11 Å². The van der Waals surface area contributed by atoms with E-state index in [1.165, 1.54) is 5.69 Å². The first-order valence-corrected chi connectivity index (χ1v) is 10.5. The Hall–Kier alpha value is -3.28. The first-order valence-electron chi connectivity index (χ1n) is 10.5. The minimum absolute atomic E-state index is 0.0531. The second-order valence-electron chi connectivity index (χ2n) is 8.00. The lowest BCUT2D eigenvalue weighted by atomic mass is 9.88. The van der Waals surface area contributed by atoms with Crippen molar-refractivity contribution in [2.75, 3.05) is 31.6 Å². The van der Waals surface area contributed by atoms with E-state index in [0.29, 0.717) is 17.9 Å². The summed E-state index contributed by atoms with van der Waals surface area (Å²) in [5.74, 6) is 1.72. The Morgan fingerprint density at radius 2 is 2.10 bits per heavy atom. The smallest absolute Gasteiger partial charge is 0.254 e. The third-order valence-corrected chi connectivity index (χ3v) is 6.33. The van der Waals surface area contributed by atoms with Gasteiger partial charge in [0.05, 0.1) is 18.5 Å². The molecular weight excluding hydrogens is 376 g/mol. The van der Waals surface area contributed by atoms with Gasteiger partial charge in [0.15, 0.2) is 5.82 Å². The highest BCUT2D eigenvalue weighted by molar-refractivity contribution is 5.95. The molecule has 5 rings (SSSR count). The lowest BCUT2D eigenvalue weighted by Gasteiger charge is -2.47. The number of ether oxygens (including phenoxy) is 1. The number of rotatable bonds is 4. The van der Waals surface area contributed by atoms with Crippen molar-refractivity contribution in [2.24, 2.45) is 0 Å². The number of anilines is 1. The van der Waals surface area contributed by atoms with E-state index in [4.69, 9.17) is 4.74 Å². The standard InChI is InChI=1S/C24H26N4O2/c1-3-13-28-20-9-5-12-25-22(20)27-14-6-10-21(27)24(28)11-15-26(17-24)23(29)18-7-4-8-19(16-18)30-2/h4-10,12,14,16H,3,11,13,15,17H2,1-2H3. The molecule has 0 radical (unpaired) electrons. The van der Waals surface area contributed by atoms with Crippen LogP contribution in [0.3, 0.4) is 0 Å². The molecule has 0 N–H and O–H groups in total. The van der Waals surface area contributed by atoms with Crippen LogP contribution in [0.4, 0.5) is 5.69 Å². The largest absolute Gasteiger partial charge is 0.497 e. The van der Waals surface area contributed by atoms with Crippen LogP contribution in [0.1, 0.15) is 35.8 Å². The van der Waals surface area contributed by atoms with Crippen LogP contribution in [0.25, 0.3) is 5.82 Å². The maximum absolute atomic E-state index is 13.3. The summed E-state index contributed by atoms with van der Waals surface area (Å²) in [6.07, 6.45) is 5.85. The highest BCUT2D eigenvalue weighted by atomic mass is 16.5. The van der Waals surface area contributed by atoms with E-state index in [-0.39, 0.29) is 11.4 Å². The number of carbonyl (C=O) groups is 1. The van der Waals surface area contributed by atoms with Gasteiger partial charge in [0.1, 0.15) is 11.3 Å². The summed E-state index contributed by atoms with van der Waals surface area (Å²) in [5.41, 5.74) is 2.77. The normalized spacial score (nSPS) is 19.7. The molecule has 1 atom stereocenters. The number of nitrogens with zero attached hydrogens (tertiary/aromatic N) is 4. The number of benzene rings is 1. The van der Waals surface area contributed by atoms with Gasteiger partial charge in [-0.05, 0) is 55.3 Å². The highest BCUT2D eigenvalue weighted by Gasteiger charge is 2.50. The van der Waals surface area contributed by atoms with Crippen molar-refractivity contribution < 1.29 is 9.53 Å². The van der Waals surface area contributed by atoms with E-state index in [0.717, 1.165) is 37.4 Å². The number of hydrogen-bond acceptors (Lipinski definition) is 4. The first kappa shape index (κ1) is 18.7. The van der Waals surface area contributed by atoms with Crippen LogP contribution in [-0.2, 0) is 5.54 Å². The minimum Gasteiger partial charge on any atom is -0.497 e. The van der Waals surface area contributed by atoms with Crippen LogP contribution >= 0.6 is 0 Å². The Kier molecular flexibility index (Phi) is 4.50. The van der Waals surface area contributed by atoms with Gasteiger partial charge in [-0.2, -0.15) is 0 Å². The minimum atomic E-state index is -0.246. The number of aromatic nitrogens is 2. The van der Waals surface area contributed by atoms with Crippen molar-refractivity contribution in [2.45, 2.75) is 25.3 Å². The van der Waals surface area contributed by atoms with Gasteiger partial charge < -0.3 is 19.1 Å². The van der Waals surface area contributed by atoms with Crippen molar-refractivity contribution in [1.82, 2.24) is 14.5 Å². The molecule has 3 aromatic rings. The van der Waals surface area contributed by atoms with Gasteiger partial charge >= 0.3 is 0 Å². The van der Waals surface area contributed by atoms with Gasteiger partial charge in [0.2, 0.25) is 0 Å². The molecule has 2 aliphatic heterocycles. The summed E-state index contributed by atoms with van der Waals surface area (Å²) in [6, 6.07) is 15.8. The summed E-state index contributed by atoms with van der Waals surface area (Å²) >= 11 is 0. The molecule has 6 heteroatoms. The molecule has 0 aliphatic carbocycles. The number of hydrogen-bond donors (Lipinski definition) is 0. The number of pyridine rings is 1. The van der Waals surface area contributed by atoms with Crippen LogP contribution in [0.15, 0.2) is 60.9 Å². The van der Waals surface area contributed by atoms with E-state index in [9.17, 15) is 4.79 Å². The molecular formula is C24H26N4O2. The summed E-state index contributed by atoms with van der Waals surface area (Å²) in [6.45, 7) is 4.50. The molecule has 0 saturated carbocycles. The summed E-state index contributed by atoms with van der Waals surface area (Å²) in [7, 11) is 1.62. The zero-order valence-electron chi connectivity index (χ0n) is 17.4. The Morgan fingerprint density at radius 3 is 2.93 bits per heavy atom. The summed E-state index contributed by atoms with van der Waals surface area (Å²) in [4.78, 5) is 22.5. The van der Waals surface area contributed by atoms with E-state index < -0.39 is 0 Å². The van der Waals surface area contributed by atoms with Crippen LogP contribution in [0, 0.1) is 0 Å². The Labute approximate surface area is 176 Å². The van der Waals surface area contributed by atoms with Crippen LogP contribution < -0.4 is 9.64 Å². The third kappa shape index (κ3) is 2.70. The van der Waals surface area contributed by atoms with Crippen molar-refractivity contribution in [1.29, 1.82) is 0 Å². The average molecular weight is 402 g/mol. The van der Waals surface area contributed by atoms with Crippen molar-refractivity contribution >= 4 is 11.6 Å². The van der Waals surface area contributed by atoms with Gasteiger partial charge in [-0.25, -0.2) is 4.98 Å². The maximum atomic E-state index is 13.3. The second-order valence-corrected chi connectivity index (χ2v) is 8.00. The number of fused-ring (bicyclic) bond motifs is 4. The molecule has 154 valence electrons. The molecule has 6 nitrogen and oxygen atoms in total. The molecule has 1 amide bonds. The predicted octanol–water partition coefficient (Wildman–Crippen LogP) is 3.85. The molecule has 1 unspecified atom stereocenters. The van der Waals surface area contributed by atoms with E-state index >= 15 is 0 Å². The van der Waals surface area contributed by atoms with Gasteiger partial charge in [-0.1, -0.05) is 13.0 Å². The average Bonchev–Trinajstić information content (AvgIpc) is 3.45. The topological polar surface area (TPSA) is 50.6 Å². The van der Waals surface area contributed by atoms with Crippen LogP contribution in [-0.4, -0.2) is 47.1 Å². The van der Waals surface area contributed by atoms with Crippen molar-refractivity contribution in [3.05, 3.63) is 72.2 Å². The predicted molar refractivity (Wildman–Crippen MR) is 116 cm³/mol. The zero-order chi connectivity index (χ0) is 20.7. The lowest BCUT2D eigenvalue weighted by Crippen LogP contribution is -2.53. The van der Waals surface area contributed by atoms with Gasteiger partial charge in [0, 0.05) is 37.6 Å². The maximum Gasteiger partial charge on any atom is 0.254 e. The Bertz CT molecular complexity index is 1090. The van der Waals surface area contributed by atoms with E-state index in [1.807, 2.05) is 41.4 Å². The summed E-state index contributed by atoms with van der Waals surface area (Å²) in [5, 5.41) is 0. The molecule has 2 aromatic heterocycles. The molecule has 30 heavy (non-hydrogen) atoms. The number of methoxy groups -OCH3 is 1. The Balaban J connectivity index is 1.54. The summed E-state index contributed by atoms with van der Waals surface area (Å²) < 4.78 is 7.51. The third-order valence-electron chi connectivity index (χ3n) is 6.33. The molecule has 1 saturated heterocycles. The fraction of sp³-hybridized carbons (Fsp3) is 0.333. The van der Waals surface area contributed by atoms with Gasteiger partial charge in [0.25, 0.3) is 5.91 Å². The van der Waals surface area contributed by atoms with Crippen molar-refractivity contribution in [3.63, 3.8) is 0 Å². The fourth-order valence-electron chi connectivity index (χ4n) is 4.99. The molecule has 2 aliphatic rings. The molecule has 1 aromatic carbocycles. The van der Waals surface area contributed by atoms with E-state index in [2.05, 4.69) is 45.8 Å². The fourth-order valence-corrected chi connectivity index (χ4v) is 4.99. The van der Waals surface area contributed by atoms with Gasteiger partial charge in [-0.15, -0.1) is 0 Å². The highest BCUT2D eigenvalue weighted by Crippen LogP contribution is 2.47. The Morgan fingerprint density at radius 1 is 1.20 bits per heavy atom. The molecule has 4 heterocycles. The van der Waals surface area contributed by atoms with Crippen molar-refractivity contribution in [3.8, 4) is 11.6 Å². The lowest BCUT2D eigenvalue weighted by molar-refractivity contribution is 0.0781. The van der Waals surface area contributed by atoms with Gasteiger partial charge in [-0.3, -0.25) is 4.79 Å². The van der Waals surface area contributed by atoms with Crippen LogP contribution in [0.5, 0.6) is 5.75 Å². The monoisotopic (exact) mass is 402 g/mol.